The summed E-state index contributed by atoms with van der Waals surface area (Å²) in [4.78, 5) is 10.3. The van der Waals surface area contributed by atoms with E-state index in [-0.39, 0.29) is 11.8 Å². The monoisotopic (exact) mass is 99.1 g/mol. The quantitative estimate of drug-likeness (QED) is 0.430. The van der Waals surface area contributed by atoms with E-state index in [1.807, 2.05) is 13.8 Å². The Balaban J connectivity index is 2.43. The summed E-state index contributed by atoms with van der Waals surface area (Å²) < 4.78 is 0. The van der Waals surface area contributed by atoms with E-state index >= 15 is 0 Å². The number of β-lactam (4-membered cyclic amide) rings is 1. The largest absolute Gasteiger partial charge is 0.353 e. The minimum atomic E-state index is 0.188. The molecule has 0 aromatic heterocycles. The van der Waals surface area contributed by atoms with Gasteiger partial charge in [0.2, 0.25) is 5.91 Å². The Morgan fingerprint density at radius 2 is 2.14 bits per heavy atom. The molecular weight excluding hydrogens is 90.1 g/mol. The Morgan fingerprint density at radius 3 is 2.14 bits per heavy atom. The first kappa shape index (κ1) is 4.62. The Morgan fingerprint density at radius 1 is 1.57 bits per heavy atom. The van der Waals surface area contributed by atoms with Crippen LogP contribution in [0.5, 0.6) is 0 Å². The summed E-state index contributed by atoms with van der Waals surface area (Å²) in [6.07, 6.45) is 0. The van der Waals surface area contributed by atoms with E-state index in [1.54, 1.807) is 0 Å². The topological polar surface area (TPSA) is 29.1 Å². The van der Waals surface area contributed by atoms with Crippen molar-refractivity contribution in [3.63, 3.8) is 0 Å². The number of carbonyl (C=O) groups is 1. The van der Waals surface area contributed by atoms with Crippen LogP contribution in [0.2, 0.25) is 0 Å². The molecule has 1 aliphatic rings. The zero-order valence-corrected chi connectivity index (χ0v) is 4.56. The van der Waals surface area contributed by atoms with Gasteiger partial charge >= 0.3 is 0 Å². The highest BCUT2D eigenvalue weighted by Crippen LogP contribution is 2.11. The molecule has 1 fully saturated rings. The Kier molecular flexibility index (Phi) is 0.805. The summed E-state index contributed by atoms with van der Waals surface area (Å²) in [7, 11) is 0. The van der Waals surface area contributed by atoms with Crippen LogP contribution in [0.3, 0.4) is 0 Å². The summed E-state index contributed by atoms with van der Waals surface area (Å²) >= 11 is 0. The maximum Gasteiger partial charge on any atom is 0.225 e. The van der Waals surface area contributed by atoms with Crippen LogP contribution in [0.15, 0.2) is 0 Å². The molecule has 2 heteroatoms. The fourth-order valence-electron chi connectivity index (χ4n) is 0.612. The standard InChI is InChI=1S/C5H9NO/c1-3-4(2)6-5(3)7/h3-4H,1-2H3,(H,6,7)/t3-,4-/m0/s1. The zero-order chi connectivity index (χ0) is 5.44. The molecule has 0 aromatic carbocycles. The molecule has 1 saturated heterocycles. The van der Waals surface area contributed by atoms with Crippen LogP contribution in [0.1, 0.15) is 13.8 Å². The van der Waals surface area contributed by atoms with Crippen molar-refractivity contribution < 1.29 is 4.79 Å². The first-order chi connectivity index (χ1) is 3.22. The van der Waals surface area contributed by atoms with Gasteiger partial charge in [-0.05, 0) is 6.92 Å². The first-order valence-corrected chi connectivity index (χ1v) is 2.52. The van der Waals surface area contributed by atoms with Crippen molar-refractivity contribution in [2.45, 2.75) is 19.9 Å². The molecule has 0 saturated carbocycles. The van der Waals surface area contributed by atoms with Gasteiger partial charge in [0.25, 0.3) is 0 Å². The van der Waals surface area contributed by atoms with Crippen molar-refractivity contribution in [2.75, 3.05) is 0 Å². The molecule has 7 heavy (non-hydrogen) atoms. The van der Waals surface area contributed by atoms with Crippen LogP contribution in [-0.2, 0) is 4.79 Å². The summed E-state index contributed by atoms with van der Waals surface area (Å²) in [6.45, 7) is 3.94. The molecule has 1 rings (SSSR count). The van der Waals surface area contributed by atoms with Gasteiger partial charge < -0.3 is 5.32 Å². The van der Waals surface area contributed by atoms with Gasteiger partial charge in [0, 0.05) is 6.04 Å². The Hall–Kier alpha value is -0.530. The molecule has 0 radical (unpaired) electrons. The fourth-order valence-corrected chi connectivity index (χ4v) is 0.612. The number of carbonyl (C=O) groups excluding carboxylic acids is 1. The highest BCUT2D eigenvalue weighted by molar-refractivity contribution is 5.85. The van der Waals surface area contributed by atoms with E-state index in [2.05, 4.69) is 5.32 Å². The molecule has 2 nitrogen and oxygen atoms in total. The van der Waals surface area contributed by atoms with E-state index < -0.39 is 0 Å². The lowest BCUT2D eigenvalue weighted by Gasteiger charge is -2.30. The van der Waals surface area contributed by atoms with Crippen LogP contribution < -0.4 is 5.32 Å². The van der Waals surface area contributed by atoms with Crippen LogP contribution in [0.25, 0.3) is 0 Å². The van der Waals surface area contributed by atoms with E-state index in [4.69, 9.17) is 0 Å². The molecule has 0 bridgehead atoms. The molecule has 1 heterocycles. The van der Waals surface area contributed by atoms with Crippen LogP contribution >= 0.6 is 0 Å². The van der Waals surface area contributed by atoms with Gasteiger partial charge in [-0.3, -0.25) is 4.79 Å². The van der Waals surface area contributed by atoms with E-state index in [1.165, 1.54) is 0 Å². The second-order valence-electron chi connectivity index (χ2n) is 2.09. The van der Waals surface area contributed by atoms with E-state index in [9.17, 15) is 4.79 Å². The Labute approximate surface area is 42.9 Å². The summed E-state index contributed by atoms with van der Waals surface area (Å²) in [5.41, 5.74) is 0. The molecule has 1 amide bonds. The molecule has 1 aliphatic heterocycles. The molecule has 1 N–H and O–H groups in total. The fraction of sp³-hybridized carbons (Fsp3) is 0.800. The van der Waals surface area contributed by atoms with Crippen LogP contribution in [0, 0.1) is 5.92 Å². The third kappa shape index (κ3) is 0.501. The highest BCUT2D eigenvalue weighted by Gasteiger charge is 2.30. The molecule has 0 aliphatic carbocycles. The second kappa shape index (κ2) is 1.22. The Bertz CT molecular complexity index is 100. The zero-order valence-electron chi connectivity index (χ0n) is 4.56. The maximum absolute atomic E-state index is 10.3. The lowest BCUT2D eigenvalue weighted by molar-refractivity contribution is -0.133. The molecule has 40 valence electrons. The molecule has 0 unspecified atom stereocenters. The predicted octanol–water partition coefficient (Wildman–Crippen LogP) is 0.141. The van der Waals surface area contributed by atoms with Crippen molar-refractivity contribution in [1.29, 1.82) is 0 Å². The van der Waals surface area contributed by atoms with Crippen molar-refractivity contribution in [1.82, 2.24) is 5.32 Å². The maximum atomic E-state index is 10.3. The average molecular weight is 99.1 g/mol. The number of rotatable bonds is 0. The van der Waals surface area contributed by atoms with Crippen molar-refractivity contribution in [3.05, 3.63) is 0 Å². The molecular formula is C5H9NO. The number of amides is 1. The summed E-state index contributed by atoms with van der Waals surface area (Å²) in [6, 6.07) is 0.410. The lowest BCUT2D eigenvalue weighted by Crippen LogP contribution is -2.54. The predicted molar refractivity (Wildman–Crippen MR) is 26.8 cm³/mol. The number of nitrogens with one attached hydrogen (secondary N) is 1. The van der Waals surface area contributed by atoms with Gasteiger partial charge in [-0.15, -0.1) is 0 Å². The van der Waals surface area contributed by atoms with Crippen LogP contribution in [-0.4, -0.2) is 11.9 Å². The lowest BCUT2D eigenvalue weighted by atomic mass is 9.95. The minimum absolute atomic E-state index is 0.188. The molecule has 2 atom stereocenters. The smallest absolute Gasteiger partial charge is 0.225 e. The van der Waals surface area contributed by atoms with E-state index in [0.29, 0.717) is 6.04 Å². The summed E-state index contributed by atoms with van der Waals surface area (Å²) in [5.74, 6) is 0.438. The molecule has 0 aromatic rings. The van der Waals surface area contributed by atoms with Gasteiger partial charge in [0.1, 0.15) is 0 Å². The highest BCUT2D eigenvalue weighted by atomic mass is 16.2. The first-order valence-electron chi connectivity index (χ1n) is 2.52. The molecule has 0 spiro atoms. The van der Waals surface area contributed by atoms with Gasteiger partial charge in [-0.1, -0.05) is 6.92 Å². The van der Waals surface area contributed by atoms with Crippen LogP contribution in [0.4, 0.5) is 0 Å². The normalized spacial score (nSPS) is 39.4. The van der Waals surface area contributed by atoms with Gasteiger partial charge in [0.15, 0.2) is 0 Å². The minimum Gasteiger partial charge on any atom is -0.353 e. The van der Waals surface area contributed by atoms with Gasteiger partial charge in [-0.2, -0.15) is 0 Å². The number of hydrogen-bond donors (Lipinski definition) is 1. The van der Waals surface area contributed by atoms with Crippen molar-refractivity contribution in [3.8, 4) is 0 Å². The number of hydrogen-bond acceptors (Lipinski definition) is 1. The van der Waals surface area contributed by atoms with Gasteiger partial charge in [-0.25, -0.2) is 0 Å². The summed E-state index contributed by atoms with van der Waals surface area (Å²) in [5, 5.41) is 2.72. The third-order valence-corrected chi connectivity index (χ3v) is 1.53. The van der Waals surface area contributed by atoms with Gasteiger partial charge in [0.05, 0.1) is 5.92 Å². The third-order valence-electron chi connectivity index (χ3n) is 1.53. The second-order valence-corrected chi connectivity index (χ2v) is 2.09. The van der Waals surface area contributed by atoms with Crippen molar-refractivity contribution in [2.24, 2.45) is 5.92 Å². The average Bonchev–Trinajstić information content (AvgIpc) is 1.68. The van der Waals surface area contributed by atoms with E-state index in [0.717, 1.165) is 0 Å². The SMILES string of the molecule is C[C@@H]1NC(=O)[C@H]1C. The van der Waals surface area contributed by atoms with Crippen molar-refractivity contribution >= 4 is 5.91 Å².